The third-order valence-electron chi connectivity index (χ3n) is 6.96. The molecule has 0 aliphatic heterocycles. The number of benzene rings is 2. The number of ether oxygens (including phenoxy) is 1. The van der Waals surface area contributed by atoms with Crippen LogP contribution in [0.2, 0.25) is 0 Å². The van der Waals surface area contributed by atoms with Gasteiger partial charge >= 0.3 is 12.1 Å². The SMILES string of the molecule is CC(C)CC(CNC(=O)OCC1c2ccccc2-c2ccccc21)CC(=O)NC[C@H]1C[C@H]1C(=O)O. The van der Waals surface area contributed by atoms with Crippen LogP contribution in [-0.4, -0.2) is 42.8 Å². The van der Waals surface area contributed by atoms with Gasteiger partial charge in [-0.1, -0.05) is 62.4 Å². The van der Waals surface area contributed by atoms with E-state index in [1.807, 2.05) is 24.3 Å². The summed E-state index contributed by atoms with van der Waals surface area (Å²) in [6, 6.07) is 16.4. The predicted molar refractivity (Wildman–Crippen MR) is 133 cm³/mol. The van der Waals surface area contributed by atoms with Crippen molar-refractivity contribution in [2.75, 3.05) is 19.7 Å². The monoisotopic (exact) mass is 478 g/mol. The largest absolute Gasteiger partial charge is 0.481 e. The second-order valence-corrected chi connectivity index (χ2v) is 10.2. The number of carboxylic acid groups (broad SMARTS) is 1. The van der Waals surface area contributed by atoms with Gasteiger partial charge in [-0.05, 0) is 52.8 Å². The normalized spacial score (nSPS) is 18.9. The summed E-state index contributed by atoms with van der Waals surface area (Å²) in [4.78, 5) is 35.9. The molecule has 2 aromatic carbocycles. The van der Waals surface area contributed by atoms with Gasteiger partial charge in [-0.3, -0.25) is 9.59 Å². The molecule has 0 bridgehead atoms. The van der Waals surface area contributed by atoms with E-state index in [4.69, 9.17) is 9.84 Å². The zero-order valence-corrected chi connectivity index (χ0v) is 20.3. The molecule has 0 saturated heterocycles. The summed E-state index contributed by atoms with van der Waals surface area (Å²) >= 11 is 0. The molecule has 2 amide bonds. The molecule has 3 N–H and O–H groups in total. The average molecular weight is 479 g/mol. The molecule has 0 radical (unpaired) electrons. The quantitative estimate of drug-likeness (QED) is 0.444. The van der Waals surface area contributed by atoms with Gasteiger partial charge in [-0.15, -0.1) is 0 Å². The van der Waals surface area contributed by atoms with Gasteiger partial charge < -0.3 is 20.5 Å². The highest BCUT2D eigenvalue weighted by molar-refractivity contribution is 5.79. The summed E-state index contributed by atoms with van der Waals surface area (Å²) in [6.45, 7) is 5.16. The summed E-state index contributed by atoms with van der Waals surface area (Å²) in [7, 11) is 0. The van der Waals surface area contributed by atoms with E-state index in [0.717, 1.165) is 17.5 Å². The fourth-order valence-electron chi connectivity index (χ4n) is 5.14. The molecule has 2 aromatic rings. The van der Waals surface area contributed by atoms with E-state index in [9.17, 15) is 14.4 Å². The Morgan fingerprint density at radius 3 is 2.20 bits per heavy atom. The minimum atomic E-state index is -0.797. The molecular weight excluding hydrogens is 444 g/mol. The fraction of sp³-hybridized carbons (Fsp3) is 0.464. The lowest BCUT2D eigenvalue weighted by Gasteiger charge is -2.20. The number of carbonyl (C=O) groups is 3. The van der Waals surface area contributed by atoms with Crippen molar-refractivity contribution >= 4 is 18.0 Å². The molecular formula is C28H34N2O5. The van der Waals surface area contributed by atoms with Gasteiger partial charge in [-0.2, -0.15) is 0 Å². The van der Waals surface area contributed by atoms with Crippen LogP contribution in [0.1, 0.15) is 50.2 Å². The number of carboxylic acids is 1. The lowest BCUT2D eigenvalue weighted by atomic mass is 9.93. The molecule has 7 heteroatoms. The maximum atomic E-state index is 12.5. The van der Waals surface area contributed by atoms with Crippen LogP contribution in [-0.2, 0) is 14.3 Å². The van der Waals surface area contributed by atoms with Gasteiger partial charge in [0.15, 0.2) is 0 Å². The first kappa shape index (κ1) is 24.8. The van der Waals surface area contributed by atoms with Gasteiger partial charge in [0.2, 0.25) is 5.91 Å². The molecule has 3 atom stereocenters. The zero-order valence-electron chi connectivity index (χ0n) is 20.3. The van der Waals surface area contributed by atoms with E-state index in [2.05, 4.69) is 48.7 Å². The molecule has 2 aliphatic rings. The molecule has 0 heterocycles. The van der Waals surface area contributed by atoms with E-state index >= 15 is 0 Å². The van der Waals surface area contributed by atoms with Crippen LogP contribution >= 0.6 is 0 Å². The number of alkyl carbamates (subject to hydrolysis) is 1. The van der Waals surface area contributed by atoms with E-state index in [1.54, 1.807) is 0 Å². The highest BCUT2D eigenvalue weighted by Gasteiger charge is 2.43. The molecule has 186 valence electrons. The number of hydrogen-bond acceptors (Lipinski definition) is 4. The summed E-state index contributed by atoms with van der Waals surface area (Å²) < 4.78 is 5.62. The number of rotatable bonds is 11. The first-order chi connectivity index (χ1) is 16.8. The highest BCUT2D eigenvalue weighted by atomic mass is 16.5. The number of hydrogen-bond donors (Lipinski definition) is 3. The van der Waals surface area contributed by atoms with Gasteiger partial charge in [0.1, 0.15) is 6.61 Å². The maximum absolute atomic E-state index is 12.5. The lowest BCUT2D eigenvalue weighted by molar-refractivity contribution is -0.139. The Kier molecular flexibility index (Phi) is 7.73. The second kappa shape index (κ2) is 10.9. The molecule has 1 fully saturated rings. The van der Waals surface area contributed by atoms with Gasteiger partial charge in [0.25, 0.3) is 0 Å². The van der Waals surface area contributed by atoms with Crippen LogP contribution in [0, 0.1) is 23.7 Å². The molecule has 0 spiro atoms. The Morgan fingerprint density at radius 2 is 1.63 bits per heavy atom. The first-order valence-corrected chi connectivity index (χ1v) is 12.4. The maximum Gasteiger partial charge on any atom is 0.407 e. The third kappa shape index (κ3) is 6.21. The molecule has 1 unspecified atom stereocenters. The first-order valence-electron chi connectivity index (χ1n) is 12.4. The highest BCUT2D eigenvalue weighted by Crippen LogP contribution is 2.44. The minimum Gasteiger partial charge on any atom is -0.481 e. The van der Waals surface area contributed by atoms with Crippen LogP contribution in [0.5, 0.6) is 0 Å². The third-order valence-corrected chi connectivity index (χ3v) is 6.96. The van der Waals surface area contributed by atoms with Crippen LogP contribution < -0.4 is 10.6 Å². The Bertz CT molecular complexity index is 1040. The van der Waals surface area contributed by atoms with Gasteiger partial charge in [0, 0.05) is 25.4 Å². The Hall–Kier alpha value is -3.35. The van der Waals surface area contributed by atoms with Crippen molar-refractivity contribution in [1.29, 1.82) is 0 Å². The smallest absolute Gasteiger partial charge is 0.407 e. The molecule has 1 saturated carbocycles. The average Bonchev–Trinajstić information content (AvgIpc) is 3.55. The molecule has 2 aliphatic carbocycles. The summed E-state index contributed by atoms with van der Waals surface area (Å²) in [6.07, 6.45) is 1.21. The predicted octanol–water partition coefficient (Wildman–Crippen LogP) is 4.41. The minimum absolute atomic E-state index is 0.00226. The van der Waals surface area contributed by atoms with Crippen molar-refractivity contribution < 1.29 is 24.2 Å². The summed E-state index contributed by atoms with van der Waals surface area (Å²) in [5.41, 5.74) is 4.69. The molecule has 35 heavy (non-hydrogen) atoms. The van der Waals surface area contributed by atoms with Gasteiger partial charge in [0.05, 0.1) is 5.92 Å². The topological polar surface area (TPSA) is 105 Å². The van der Waals surface area contributed by atoms with Gasteiger partial charge in [-0.25, -0.2) is 4.79 Å². The Balaban J connectivity index is 1.26. The van der Waals surface area contributed by atoms with Crippen LogP contribution in [0.15, 0.2) is 48.5 Å². The van der Waals surface area contributed by atoms with Crippen molar-refractivity contribution in [3.8, 4) is 11.1 Å². The zero-order chi connectivity index (χ0) is 24.9. The standard InChI is InChI=1S/C28H34N2O5/c1-17(2)11-18(12-26(31)29-15-19-13-24(19)27(32)33)14-30-28(34)35-16-25-22-9-5-3-7-20(22)21-8-4-6-10-23(21)25/h3-10,17-19,24-25H,11-16H2,1-2H3,(H,29,31)(H,30,34)(H,32,33)/t18?,19-,24-/m1/s1. The number of aliphatic carboxylic acids is 1. The summed E-state index contributed by atoms with van der Waals surface area (Å²) in [5, 5.41) is 14.7. The Labute approximate surface area is 206 Å². The van der Waals surface area contributed by atoms with Crippen molar-refractivity contribution in [2.45, 2.75) is 39.0 Å². The van der Waals surface area contributed by atoms with E-state index in [1.165, 1.54) is 11.1 Å². The molecule has 7 nitrogen and oxygen atoms in total. The fourth-order valence-corrected chi connectivity index (χ4v) is 5.14. The van der Waals surface area contributed by atoms with Crippen LogP contribution in [0.4, 0.5) is 4.79 Å². The number of amides is 2. The number of nitrogens with one attached hydrogen (secondary N) is 2. The van der Waals surface area contributed by atoms with Crippen LogP contribution in [0.3, 0.4) is 0 Å². The molecule has 0 aromatic heterocycles. The van der Waals surface area contributed by atoms with Crippen molar-refractivity contribution in [2.24, 2.45) is 23.7 Å². The van der Waals surface area contributed by atoms with Crippen LogP contribution in [0.25, 0.3) is 11.1 Å². The van der Waals surface area contributed by atoms with Crippen molar-refractivity contribution in [3.05, 3.63) is 59.7 Å². The second-order valence-electron chi connectivity index (χ2n) is 10.2. The Morgan fingerprint density at radius 1 is 1.00 bits per heavy atom. The van der Waals surface area contributed by atoms with E-state index < -0.39 is 12.1 Å². The van der Waals surface area contributed by atoms with E-state index in [-0.39, 0.29) is 42.6 Å². The molecule has 4 rings (SSSR count). The van der Waals surface area contributed by atoms with E-state index in [0.29, 0.717) is 25.4 Å². The number of fused-ring (bicyclic) bond motifs is 3. The van der Waals surface area contributed by atoms with Crippen molar-refractivity contribution in [1.82, 2.24) is 10.6 Å². The number of carbonyl (C=O) groups excluding carboxylic acids is 2. The lowest BCUT2D eigenvalue weighted by Crippen LogP contribution is -2.35. The summed E-state index contributed by atoms with van der Waals surface area (Å²) in [5.74, 6) is -0.865. The van der Waals surface area contributed by atoms with Crippen molar-refractivity contribution in [3.63, 3.8) is 0 Å².